The van der Waals surface area contributed by atoms with Crippen molar-refractivity contribution in [2.45, 2.75) is 13.3 Å². The van der Waals surface area contributed by atoms with Gasteiger partial charge in [0.05, 0.1) is 0 Å². The number of amides is 1. The molecule has 0 aliphatic heterocycles. The van der Waals surface area contributed by atoms with Crippen LogP contribution in [0.4, 0.5) is 0 Å². The summed E-state index contributed by atoms with van der Waals surface area (Å²) in [5, 5.41) is 2.77. The molecular weight excluding hydrogens is 206 g/mol. The van der Waals surface area contributed by atoms with Crippen molar-refractivity contribution < 1.29 is 4.79 Å². The molecule has 0 bridgehead atoms. The van der Waals surface area contributed by atoms with Crippen molar-refractivity contribution in [2.75, 3.05) is 6.54 Å². The zero-order valence-corrected chi connectivity index (χ0v) is 9.64. The second-order valence-electron chi connectivity index (χ2n) is 3.15. The molecule has 0 spiro atoms. The SMILES string of the molecule is C=CCCNC(=O)/C=C/c1ccc(C)s1. The van der Waals surface area contributed by atoms with Crippen LogP contribution in [0, 0.1) is 6.92 Å². The average Bonchev–Trinajstić information content (AvgIpc) is 2.62. The number of carbonyl (C=O) groups is 1. The van der Waals surface area contributed by atoms with Crippen molar-refractivity contribution in [3.05, 3.63) is 40.6 Å². The monoisotopic (exact) mass is 221 g/mol. The predicted molar refractivity (Wildman–Crippen MR) is 65.9 cm³/mol. The van der Waals surface area contributed by atoms with Gasteiger partial charge in [0.2, 0.25) is 5.91 Å². The Morgan fingerprint density at radius 1 is 1.60 bits per heavy atom. The van der Waals surface area contributed by atoms with Crippen LogP contribution >= 0.6 is 11.3 Å². The summed E-state index contributed by atoms with van der Waals surface area (Å²) in [7, 11) is 0. The third kappa shape index (κ3) is 4.61. The van der Waals surface area contributed by atoms with Crippen molar-refractivity contribution in [3.8, 4) is 0 Å². The van der Waals surface area contributed by atoms with Gasteiger partial charge in [0.25, 0.3) is 0 Å². The maximum atomic E-state index is 11.3. The van der Waals surface area contributed by atoms with Gasteiger partial charge in [-0.05, 0) is 31.6 Å². The quantitative estimate of drug-likeness (QED) is 0.462. The number of nitrogens with one attached hydrogen (secondary N) is 1. The molecule has 15 heavy (non-hydrogen) atoms. The third-order valence-corrected chi connectivity index (χ3v) is 2.77. The Balaban J connectivity index is 2.37. The van der Waals surface area contributed by atoms with Crippen molar-refractivity contribution in [1.82, 2.24) is 5.32 Å². The summed E-state index contributed by atoms with van der Waals surface area (Å²) in [6.45, 7) is 6.28. The molecule has 3 heteroatoms. The van der Waals surface area contributed by atoms with Gasteiger partial charge in [-0.2, -0.15) is 0 Å². The number of hydrogen-bond donors (Lipinski definition) is 1. The normalized spacial score (nSPS) is 10.5. The van der Waals surface area contributed by atoms with E-state index in [9.17, 15) is 4.79 Å². The molecule has 0 saturated heterocycles. The molecule has 1 rings (SSSR count). The average molecular weight is 221 g/mol. The summed E-state index contributed by atoms with van der Waals surface area (Å²) < 4.78 is 0. The Bertz CT molecular complexity index is 365. The molecule has 1 heterocycles. The zero-order chi connectivity index (χ0) is 11.1. The third-order valence-electron chi connectivity index (χ3n) is 1.81. The molecule has 2 nitrogen and oxygen atoms in total. The summed E-state index contributed by atoms with van der Waals surface area (Å²) in [4.78, 5) is 13.6. The molecule has 0 atom stereocenters. The molecule has 0 radical (unpaired) electrons. The standard InChI is InChI=1S/C12H15NOS/c1-3-4-9-13-12(14)8-7-11-6-5-10(2)15-11/h3,5-8H,1,4,9H2,2H3,(H,13,14)/b8-7+. The molecule has 0 saturated carbocycles. The highest BCUT2D eigenvalue weighted by molar-refractivity contribution is 7.12. The summed E-state index contributed by atoms with van der Waals surface area (Å²) in [6.07, 6.45) is 5.99. The first-order valence-corrected chi connectivity index (χ1v) is 5.67. The fourth-order valence-electron chi connectivity index (χ4n) is 1.06. The van der Waals surface area contributed by atoms with E-state index in [4.69, 9.17) is 0 Å². The molecule has 0 fully saturated rings. The fourth-order valence-corrected chi connectivity index (χ4v) is 1.84. The van der Waals surface area contributed by atoms with Crippen LogP contribution in [0.2, 0.25) is 0 Å². The minimum Gasteiger partial charge on any atom is -0.352 e. The van der Waals surface area contributed by atoms with Crippen LogP contribution < -0.4 is 5.32 Å². The van der Waals surface area contributed by atoms with Crippen LogP contribution in [0.25, 0.3) is 6.08 Å². The van der Waals surface area contributed by atoms with E-state index < -0.39 is 0 Å². The molecule has 0 aliphatic carbocycles. The maximum absolute atomic E-state index is 11.3. The van der Waals surface area contributed by atoms with Gasteiger partial charge in [0.15, 0.2) is 0 Å². The number of carbonyl (C=O) groups excluding carboxylic acids is 1. The minimum atomic E-state index is -0.0529. The second kappa shape index (κ2) is 6.19. The van der Waals surface area contributed by atoms with Crippen LogP contribution in [-0.4, -0.2) is 12.5 Å². The Morgan fingerprint density at radius 3 is 3.00 bits per heavy atom. The number of aryl methyl sites for hydroxylation is 1. The first kappa shape index (κ1) is 11.7. The number of thiophene rings is 1. The highest BCUT2D eigenvalue weighted by Gasteiger charge is 1.94. The predicted octanol–water partition coefficient (Wildman–Crippen LogP) is 2.76. The molecule has 1 amide bonds. The van der Waals surface area contributed by atoms with Gasteiger partial charge in [0, 0.05) is 22.4 Å². The Kier molecular flexibility index (Phi) is 4.84. The lowest BCUT2D eigenvalue weighted by molar-refractivity contribution is -0.116. The van der Waals surface area contributed by atoms with E-state index >= 15 is 0 Å². The molecule has 1 aromatic rings. The van der Waals surface area contributed by atoms with Crippen LogP contribution in [-0.2, 0) is 4.79 Å². The van der Waals surface area contributed by atoms with Gasteiger partial charge in [-0.15, -0.1) is 17.9 Å². The number of hydrogen-bond acceptors (Lipinski definition) is 2. The zero-order valence-electron chi connectivity index (χ0n) is 8.82. The molecule has 1 aromatic heterocycles. The van der Waals surface area contributed by atoms with E-state index in [0.717, 1.165) is 11.3 Å². The summed E-state index contributed by atoms with van der Waals surface area (Å²) in [5.74, 6) is -0.0529. The van der Waals surface area contributed by atoms with Gasteiger partial charge in [-0.25, -0.2) is 0 Å². The highest BCUT2D eigenvalue weighted by atomic mass is 32.1. The van der Waals surface area contributed by atoms with E-state index in [1.165, 1.54) is 4.88 Å². The van der Waals surface area contributed by atoms with Crippen molar-refractivity contribution in [1.29, 1.82) is 0 Å². The lowest BCUT2D eigenvalue weighted by atomic mass is 10.3. The van der Waals surface area contributed by atoms with Gasteiger partial charge in [-0.3, -0.25) is 4.79 Å². The Hall–Kier alpha value is -1.35. The van der Waals surface area contributed by atoms with E-state index in [2.05, 4.69) is 11.9 Å². The maximum Gasteiger partial charge on any atom is 0.244 e. The first-order chi connectivity index (χ1) is 7.22. The summed E-state index contributed by atoms with van der Waals surface area (Å²) >= 11 is 1.68. The molecule has 0 aromatic carbocycles. The van der Waals surface area contributed by atoms with E-state index in [1.54, 1.807) is 23.5 Å². The topological polar surface area (TPSA) is 29.1 Å². The van der Waals surface area contributed by atoms with E-state index in [0.29, 0.717) is 6.54 Å². The molecule has 80 valence electrons. The summed E-state index contributed by atoms with van der Waals surface area (Å²) in [6, 6.07) is 4.05. The highest BCUT2D eigenvalue weighted by Crippen LogP contribution is 2.16. The van der Waals surface area contributed by atoms with Crippen molar-refractivity contribution in [3.63, 3.8) is 0 Å². The smallest absolute Gasteiger partial charge is 0.244 e. The largest absolute Gasteiger partial charge is 0.352 e. The first-order valence-electron chi connectivity index (χ1n) is 4.85. The molecular formula is C12H15NOS. The summed E-state index contributed by atoms with van der Waals surface area (Å²) in [5.41, 5.74) is 0. The second-order valence-corrected chi connectivity index (χ2v) is 4.47. The van der Waals surface area contributed by atoms with E-state index in [1.807, 2.05) is 25.1 Å². The van der Waals surface area contributed by atoms with Crippen molar-refractivity contribution in [2.24, 2.45) is 0 Å². The molecule has 0 unspecified atom stereocenters. The van der Waals surface area contributed by atoms with Crippen LogP contribution in [0.3, 0.4) is 0 Å². The van der Waals surface area contributed by atoms with Gasteiger partial charge in [0.1, 0.15) is 0 Å². The van der Waals surface area contributed by atoms with Gasteiger partial charge in [-0.1, -0.05) is 6.08 Å². The van der Waals surface area contributed by atoms with Crippen LogP contribution in [0.5, 0.6) is 0 Å². The minimum absolute atomic E-state index is 0.0529. The van der Waals surface area contributed by atoms with Gasteiger partial charge >= 0.3 is 0 Å². The fraction of sp³-hybridized carbons (Fsp3) is 0.250. The van der Waals surface area contributed by atoms with Gasteiger partial charge < -0.3 is 5.32 Å². The van der Waals surface area contributed by atoms with Crippen molar-refractivity contribution >= 4 is 23.3 Å². The molecule has 1 N–H and O–H groups in total. The van der Waals surface area contributed by atoms with Crippen LogP contribution in [0.15, 0.2) is 30.9 Å². The Morgan fingerprint density at radius 2 is 2.40 bits per heavy atom. The van der Waals surface area contributed by atoms with Crippen LogP contribution in [0.1, 0.15) is 16.2 Å². The molecule has 0 aliphatic rings. The lowest BCUT2D eigenvalue weighted by Gasteiger charge is -1.96. The number of rotatable bonds is 5. The Labute approximate surface area is 94.3 Å². The van der Waals surface area contributed by atoms with E-state index in [-0.39, 0.29) is 5.91 Å². The lowest BCUT2D eigenvalue weighted by Crippen LogP contribution is -2.21.